The Labute approximate surface area is 193 Å². The van der Waals surface area contributed by atoms with Crippen molar-refractivity contribution in [3.8, 4) is 11.1 Å². The van der Waals surface area contributed by atoms with Gasteiger partial charge in [0.05, 0.1) is 11.9 Å². The number of sulfonamides is 1. The number of benzene rings is 1. The van der Waals surface area contributed by atoms with Crippen LogP contribution in [0.25, 0.3) is 17.2 Å². The van der Waals surface area contributed by atoms with E-state index in [4.69, 9.17) is 5.11 Å². The van der Waals surface area contributed by atoms with Gasteiger partial charge in [-0.2, -0.15) is 0 Å². The van der Waals surface area contributed by atoms with Crippen molar-refractivity contribution in [2.24, 2.45) is 17.8 Å². The lowest BCUT2D eigenvalue weighted by molar-refractivity contribution is 0.168. The van der Waals surface area contributed by atoms with E-state index in [-0.39, 0.29) is 35.7 Å². The second-order valence-electron chi connectivity index (χ2n) is 9.03. The molecule has 1 amide bonds. The molecule has 1 unspecified atom stereocenters. The molecular weight excluding hydrogens is 445 g/mol. The summed E-state index contributed by atoms with van der Waals surface area (Å²) >= 11 is 0. The highest BCUT2D eigenvalue weighted by Crippen LogP contribution is 2.47. The maximum absolute atomic E-state index is 13.5. The minimum Gasteiger partial charge on any atom is -0.465 e. The monoisotopic (exact) mass is 473 g/mol. The van der Waals surface area contributed by atoms with Gasteiger partial charge in [-0.3, -0.25) is 4.98 Å². The predicted octanol–water partition coefficient (Wildman–Crippen LogP) is 3.89. The first kappa shape index (κ1) is 23.4. The zero-order valence-electron chi connectivity index (χ0n) is 18.3. The zero-order chi connectivity index (χ0) is 23.6. The highest BCUT2D eigenvalue weighted by Gasteiger charge is 2.45. The van der Waals surface area contributed by atoms with Crippen LogP contribution in [0.3, 0.4) is 0 Å². The van der Waals surface area contributed by atoms with E-state index in [0.29, 0.717) is 12.8 Å². The number of pyridine rings is 1. The van der Waals surface area contributed by atoms with E-state index in [0.717, 1.165) is 35.9 Å². The maximum Gasteiger partial charge on any atom is 0.404 e. The number of hydrogen-bond donors (Lipinski definition) is 3. The lowest BCUT2D eigenvalue weighted by Crippen LogP contribution is -2.40. The van der Waals surface area contributed by atoms with E-state index in [1.807, 2.05) is 30.4 Å². The normalized spacial score (nSPS) is 27.4. The van der Waals surface area contributed by atoms with Crippen molar-refractivity contribution in [3.63, 3.8) is 0 Å². The summed E-state index contributed by atoms with van der Waals surface area (Å²) in [6, 6.07) is 9.75. The van der Waals surface area contributed by atoms with E-state index in [9.17, 15) is 17.6 Å². The zero-order valence-corrected chi connectivity index (χ0v) is 19.1. The fourth-order valence-electron chi connectivity index (χ4n) is 5.38. The Hall–Kier alpha value is -2.78. The second kappa shape index (κ2) is 9.61. The third kappa shape index (κ3) is 5.97. The number of halogens is 1. The molecule has 2 aliphatic rings. The fourth-order valence-corrected chi connectivity index (χ4v) is 6.19. The maximum atomic E-state index is 13.5. The Balaban J connectivity index is 1.51. The molecule has 1 aromatic heterocycles. The Morgan fingerprint density at radius 1 is 1.18 bits per heavy atom. The minimum atomic E-state index is -3.38. The van der Waals surface area contributed by atoms with Crippen LogP contribution in [0.2, 0.25) is 0 Å². The summed E-state index contributed by atoms with van der Waals surface area (Å²) in [6.07, 6.45) is 8.73. The SMILES string of the molecule is CS(=O)(=O)N[C@@H]1C[C@@H]2CC(NC(=O)O)CC[C@H]2[C@@H]1/C=C/c1ccc(-c2cccc(F)c2)cn1. The average Bonchev–Trinajstić information content (AvgIpc) is 3.06. The van der Waals surface area contributed by atoms with Gasteiger partial charge in [0.15, 0.2) is 0 Å². The third-order valence-corrected chi connectivity index (χ3v) is 7.41. The summed E-state index contributed by atoms with van der Waals surface area (Å²) in [7, 11) is -3.38. The lowest BCUT2D eigenvalue weighted by atomic mass is 9.75. The molecule has 1 aromatic carbocycles. The number of hydrogen-bond acceptors (Lipinski definition) is 4. The van der Waals surface area contributed by atoms with E-state index < -0.39 is 16.1 Å². The molecule has 7 nitrogen and oxygen atoms in total. The molecule has 5 atom stereocenters. The number of nitrogens with one attached hydrogen (secondary N) is 2. The molecule has 9 heteroatoms. The molecular formula is C24H28FN3O4S. The van der Waals surface area contributed by atoms with Gasteiger partial charge in [-0.05, 0) is 73.3 Å². The first-order valence-electron chi connectivity index (χ1n) is 11.0. The summed E-state index contributed by atoms with van der Waals surface area (Å²) < 4.78 is 40.2. The van der Waals surface area contributed by atoms with Crippen molar-refractivity contribution in [1.29, 1.82) is 0 Å². The molecule has 4 rings (SSSR count). The van der Waals surface area contributed by atoms with Gasteiger partial charge in [0.25, 0.3) is 0 Å². The van der Waals surface area contributed by atoms with Crippen LogP contribution in [0.4, 0.5) is 9.18 Å². The number of amides is 1. The number of carbonyl (C=O) groups is 1. The van der Waals surface area contributed by atoms with Crippen molar-refractivity contribution in [2.45, 2.75) is 37.8 Å². The van der Waals surface area contributed by atoms with E-state index in [1.165, 1.54) is 12.1 Å². The minimum absolute atomic E-state index is 0.000184. The Morgan fingerprint density at radius 2 is 2.00 bits per heavy atom. The smallest absolute Gasteiger partial charge is 0.404 e. The van der Waals surface area contributed by atoms with Gasteiger partial charge in [-0.15, -0.1) is 0 Å². The topological polar surface area (TPSA) is 108 Å². The summed E-state index contributed by atoms with van der Waals surface area (Å²) in [5.74, 6) is 0.219. The van der Waals surface area contributed by atoms with Gasteiger partial charge in [0.1, 0.15) is 5.82 Å². The molecule has 2 saturated carbocycles. The van der Waals surface area contributed by atoms with Gasteiger partial charge < -0.3 is 10.4 Å². The molecule has 176 valence electrons. The van der Waals surface area contributed by atoms with Gasteiger partial charge in [-0.1, -0.05) is 24.3 Å². The molecule has 2 aliphatic carbocycles. The molecule has 0 bridgehead atoms. The Bertz CT molecular complexity index is 1140. The third-order valence-electron chi connectivity index (χ3n) is 6.68. The summed E-state index contributed by atoms with van der Waals surface area (Å²) in [5.41, 5.74) is 2.30. The second-order valence-corrected chi connectivity index (χ2v) is 10.8. The number of carboxylic acid groups (broad SMARTS) is 1. The van der Waals surface area contributed by atoms with Crippen LogP contribution in [0, 0.1) is 23.6 Å². The Morgan fingerprint density at radius 3 is 2.67 bits per heavy atom. The standard InChI is InChI=1S/C24H28FN3O4S/c1-33(31,32)28-23-13-17-12-20(27-24(29)30)8-9-21(17)22(23)10-7-19-6-5-16(14-26-19)15-3-2-4-18(25)11-15/h2-7,10-11,14,17,20-23,27-28H,8-9,12-13H2,1H3,(H,29,30)/b10-7+/t17-,20?,21+,22-,23+/m0/s1. The molecule has 0 saturated heterocycles. The fraction of sp³-hybridized carbons (Fsp3) is 0.417. The molecule has 2 fully saturated rings. The quantitative estimate of drug-likeness (QED) is 0.590. The molecule has 3 N–H and O–H groups in total. The van der Waals surface area contributed by atoms with Crippen molar-refractivity contribution < 1.29 is 22.7 Å². The number of aromatic nitrogens is 1. The van der Waals surface area contributed by atoms with E-state index >= 15 is 0 Å². The van der Waals surface area contributed by atoms with Crippen molar-refractivity contribution in [2.75, 3.05) is 6.26 Å². The predicted molar refractivity (Wildman–Crippen MR) is 124 cm³/mol. The number of rotatable bonds is 6. The Kier molecular flexibility index (Phi) is 6.81. The molecule has 0 radical (unpaired) electrons. The van der Waals surface area contributed by atoms with Crippen LogP contribution in [-0.2, 0) is 10.0 Å². The molecule has 0 aliphatic heterocycles. The molecule has 0 spiro atoms. The molecule has 1 heterocycles. The van der Waals surface area contributed by atoms with Crippen LogP contribution in [0.15, 0.2) is 48.7 Å². The van der Waals surface area contributed by atoms with Crippen molar-refractivity contribution in [3.05, 3.63) is 60.2 Å². The van der Waals surface area contributed by atoms with Crippen LogP contribution in [0.5, 0.6) is 0 Å². The van der Waals surface area contributed by atoms with Crippen LogP contribution < -0.4 is 10.0 Å². The van der Waals surface area contributed by atoms with Gasteiger partial charge >= 0.3 is 6.09 Å². The summed E-state index contributed by atoms with van der Waals surface area (Å²) in [4.78, 5) is 15.5. The van der Waals surface area contributed by atoms with Gasteiger partial charge in [0.2, 0.25) is 10.0 Å². The largest absolute Gasteiger partial charge is 0.465 e. The summed E-state index contributed by atoms with van der Waals surface area (Å²) in [5, 5.41) is 11.6. The van der Waals surface area contributed by atoms with Crippen LogP contribution in [-0.4, -0.2) is 42.9 Å². The van der Waals surface area contributed by atoms with E-state index in [1.54, 1.807) is 12.3 Å². The van der Waals surface area contributed by atoms with Crippen LogP contribution in [0.1, 0.15) is 31.4 Å². The van der Waals surface area contributed by atoms with Gasteiger partial charge in [-0.25, -0.2) is 22.3 Å². The highest BCUT2D eigenvalue weighted by atomic mass is 32.2. The average molecular weight is 474 g/mol. The van der Waals surface area contributed by atoms with Gasteiger partial charge in [0, 0.05) is 23.8 Å². The first-order chi connectivity index (χ1) is 15.7. The number of nitrogens with zero attached hydrogens (tertiary/aromatic N) is 1. The van der Waals surface area contributed by atoms with Crippen LogP contribution >= 0.6 is 0 Å². The first-order valence-corrected chi connectivity index (χ1v) is 12.9. The number of fused-ring (bicyclic) bond motifs is 1. The molecule has 33 heavy (non-hydrogen) atoms. The van der Waals surface area contributed by atoms with Crippen molar-refractivity contribution >= 4 is 22.2 Å². The summed E-state index contributed by atoms with van der Waals surface area (Å²) in [6.45, 7) is 0. The lowest BCUT2D eigenvalue weighted by Gasteiger charge is -2.33. The van der Waals surface area contributed by atoms with E-state index in [2.05, 4.69) is 15.0 Å². The highest BCUT2D eigenvalue weighted by molar-refractivity contribution is 7.88. The van der Waals surface area contributed by atoms with Crippen molar-refractivity contribution in [1.82, 2.24) is 15.0 Å². The molecule has 2 aromatic rings.